The lowest BCUT2D eigenvalue weighted by molar-refractivity contribution is 0.0602. The van der Waals surface area contributed by atoms with Crippen LogP contribution >= 0.6 is 0 Å². The van der Waals surface area contributed by atoms with Crippen molar-refractivity contribution < 1.29 is 9.53 Å². The molecule has 0 bridgehead atoms. The zero-order valence-electron chi connectivity index (χ0n) is 11.9. The topological polar surface area (TPSA) is 64.3 Å². The molecule has 1 aliphatic carbocycles. The SMILES string of the molecule is COC(=O)c1cccc(N)c1NCC1Cc2ccccc21. The van der Waals surface area contributed by atoms with Gasteiger partial charge in [-0.3, -0.25) is 0 Å². The van der Waals surface area contributed by atoms with E-state index in [0.29, 0.717) is 22.9 Å². The number of para-hydroxylation sites is 1. The van der Waals surface area contributed by atoms with Crippen LogP contribution in [0.5, 0.6) is 0 Å². The van der Waals surface area contributed by atoms with Gasteiger partial charge in [0.05, 0.1) is 24.0 Å². The summed E-state index contributed by atoms with van der Waals surface area (Å²) >= 11 is 0. The van der Waals surface area contributed by atoms with Crippen molar-refractivity contribution in [2.75, 3.05) is 24.7 Å². The van der Waals surface area contributed by atoms with Crippen LogP contribution < -0.4 is 11.1 Å². The molecule has 3 rings (SSSR count). The first-order valence-electron chi connectivity index (χ1n) is 6.99. The van der Waals surface area contributed by atoms with Crippen molar-refractivity contribution in [3.05, 3.63) is 59.2 Å². The number of ether oxygens (including phenoxy) is 1. The minimum Gasteiger partial charge on any atom is -0.465 e. The molecule has 0 saturated carbocycles. The van der Waals surface area contributed by atoms with Gasteiger partial charge in [-0.15, -0.1) is 0 Å². The van der Waals surface area contributed by atoms with Crippen molar-refractivity contribution in [3.8, 4) is 0 Å². The minimum absolute atomic E-state index is 0.376. The molecule has 4 heteroatoms. The first-order valence-corrected chi connectivity index (χ1v) is 6.99. The summed E-state index contributed by atoms with van der Waals surface area (Å²) in [7, 11) is 1.37. The molecule has 4 nitrogen and oxygen atoms in total. The van der Waals surface area contributed by atoms with E-state index in [0.717, 1.165) is 13.0 Å². The van der Waals surface area contributed by atoms with Gasteiger partial charge in [0.2, 0.25) is 0 Å². The fourth-order valence-corrected chi connectivity index (χ4v) is 2.82. The van der Waals surface area contributed by atoms with Crippen molar-refractivity contribution in [3.63, 3.8) is 0 Å². The predicted molar refractivity (Wildman–Crippen MR) is 83.6 cm³/mol. The first-order chi connectivity index (χ1) is 10.2. The Hall–Kier alpha value is -2.49. The molecule has 3 N–H and O–H groups in total. The van der Waals surface area contributed by atoms with E-state index in [1.807, 2.05) is 0 Å². The van der Waals surface area contributed by atoms with E-state index >= 15 is 0 Å². The summed E-state index contributed by atoms with van der Waals surface area (Å²) in [6, 6.07) is 13.7. The molecule has 2 aromatic carbocycles. The fourth-order valence-electron chi connectivity index (χ4n) is 2.82. The van der Waals surface area contributed by atoms with Crippen LogP contribution in [-0.2, 0) is 11.2 Å². The minimum atomic E-state index is -0.376. The molecule has 0 heterocycles. The number of rotatable bonds is 4. The smallest absolute Gasteiger partial charge is 0.340 e. The number of nitrogen functional groups attached to an aromatic ring is 1. The number of carbonyl (C=O) groups excluding carboxylic acids is 1. The third kappa shape index (κ3) is 2.44. The highest BCUT2D eigenvalue weighted by molar-refractivity contribution is 5.98. The summed E-state index contributed by atoms with van der Waals surface area (Å²) in [6.45, 7) is 0.759. The van der Waals surface area contributed by atoms with Crippen LogP contribution in [0.25, 0.3) is 0 Å². The lowest BCUT2D eigenvalue weighted by Crippen LogP contribution is -2.25. The fraction of sp³-hybridized carbons (Fsp3) is 0.235. The third-order valence-electron chi connectivity index (χ3n) is 3.99. The molecule has 0 spiro atoms. The highest BCUT2D eigenvalue weighted by Gasteiger charge is 2.25. The van der Waals surface area contributed by atoms with Gasteiger partial charge in [-0.2, -0.15) is 0 Å². The molecule has 21 heavy (non-hydrogen) atoms. The van der Waals surface area contributed by atoms with Crippen molar-refractivity contribution in [1.29, 1.82) is 0 Å². The Labute approximate surface area is 123 Å². The van der Waals surface area contributed by atoms with Crippen molar-refractivity contribution in [2.24, 2.45) is 0 Å². The van der Waals surface area contributed by atoms with Gasteiger partial charge < -0.3 is 15.8 Å². The number of hydrogen-bond donors (Lipinski definition) is 2. The number of anilines is 2. The lowest BCUT2D eigenvalue weighted by Gasteiger charge is -2.30. The van der Waals surface area contributed by atoms with Gasteiger partial charge in [-0.05, 0) is 29.7 Å². The van der Waals surface area contributed by atoms with Gasteiger partial charge in [0.15, 0.2) is 0 Å². The quantitative estimate of drug-likeness (QED) is 0.668. The Morgan fingerprint density at radius 2 is 2.10 bits per heavy atom. The molecule has 1 atom stereocenters. The largest absolute Gasteiger partial charge is 0.465 e. The molecular formula is C17H18N2O2. The van der Waals surface area contributed by atoms with Crippen LogP contribution in [0.3, 0.4) is 0 Å². The van der Waals surface area contributed by atoms with E-state index in [1.165, 1.54) is 18.2 Å². The van der Waals surface area contributed by atoms with Crippen LogP contribution in [0.1, 0.15) is 27.4 Å². The highest BCUT2D eigenvalue weighted by atomic mass is 16.5. The Balaban J connectivity index is 1.76. The second-order valence-corrected chi connectivity index (χ2v) is 5.24. The zero-order chi connectivity index (χ0) is 14.8. The van der Waals surface area contributed by atoms with E-state index in [-0.39, 0.29) is 5.97 Å². The summed E-state index contributed by atoms with van der Waals surface area (Å²) < 4.78 is 4.80. The molecule has 0 amide bonds. The molecule has 2 aromatic rings. The highest BCUT2D eigenvalue weighted by Crippen LogP contribution is 2.35. The average molecular weight is 282 g/mol. The van der Waals surface area contributed by atoms with E-state index in [9.17, 15) is 4.79 Å². The van der Waals surface area contributed by atoms with Gasteiger partial charge in [-0.25, -0.2) is 4.79 Å². The normalized spacial score (nSPS) is 15.8. The lowest BCUT2D eigenvalue weighted by atomic mass is 9.77. The van der Waals surface area contributed by atoms with Gasteiger partial charge in [0.25, 0.3) is 0 Å². The molecule has 1 unspecified atom stereocenters. The second kappa shape index (κ2) is 5.48. The Morgan fingerprint density at radius 3 is 2.86 bits per heavy atom. The molecular weight excluding hydrogens is 264 g/mol. The average Bonchev–Trinajstić information content (AvgIpc) is 2.48. The summed E-state index contributed by atoms with van der Waals surface area (Å²) in [4.78, 5) is 11.8. The second-order valence-electron chi connectivity index (χ2n) is 5.24. The number of methoxy groups -OCH3 is 1. The van der Waals surface area contributed by atoms with E-state index in [2.05, 4.69) is 29.6 Å². The van der Waals surface area contributed by atoms with Crippen LogP contribution in [0.15, 0.2) is 42.5 Å². The number of benzene rings is 2. The number of carbonyl (C=O) groups is 1. The van der Waals surface area contributed by atoms with Crippen LogP contribution in [0, 0.1) is 0 Å². The summed E-state index contributed by atoms with van der Waals surface area (Å²) in [5.74, 6) is 0.0881. The van der Waals surface area contributed by atoms with Gasteiger partial charge >= 0.3 is 5.97 Å². The van der Waals surface area contributed by atoms with E-state index in [1.54, 1.807) is 18.2 Å². The Kier molecular flexibility index (Phi) is 3.52. The maximum Gasteiger partial charge on any atom is 0.340 e. The summed E-state index contributed by atoms with van der Waals surface area (Å²) in [5, 5.41) is 3.31. The first kappa shape index (κ1) is 13.5. The maximum absolute atomic E-state index is 11.8. The summed E-state index contributed by atoms with van der Waals surface area (Å²) in [5.41, 5.74) is 10.5. The number of fused-ring (bicyclic) bond motifs is 1. The van der Waals surface area contributed by atoms with E-state index < -0.39 is 0 Å². The molecule has 0 aromatic heterocycles. The number of nitrogens with two attached hydrogens (primary N) is 1. The van der Waals surface area contributed by atoms with Crippen molar-refractivity contribution in [1.82, 2.24) is 0 Å². The van der Waals surface area contributed by atoms with Gasteiger partial charge in [0.1, 0.15) is 0 Å². The van der Waals surface area contributed by atoms with Crippen molar-refractivity contribution in [2.45, 2.75) is 12.3 Å². The number of hydrogen-bond acceptors (Lipinski definition) is 4. The Morgan fingerprint density at radius 1 is 1.29 bits per heavy atom. The van der Waals surface area contributed by atoms with Crippen LogP contribution in [0.4, 0.5) is 11.4 Å². The van der Waals surface area contributed by atoms with E-state index in [4.69, 9.17) is 10.5 Å². The monoisotopic (exact) mass is 282 g/mol. The standard InChI is InChI=1S/C17H18N2O2/c1-21-17(20)14-7-4-8-15(18)16(14)19-10-12-9-11-5-2-3-6-13(11)12/h2-8,12,19H,9-10,18H2,1H3. The third-order valence-corrected chi connectivity index (χ3v) is 3.99. The number of esters is 1. The molecule has 0 aliphatic heterocycles. The molecule has 0 fully saturated rings. The number of nitrogens with one attached hydrogen (secondary N) is 1. The molecule has 1 aliphatic rings. The predicted octanol–water partition coefficient (Wildman–Crippen LogP) is 2.81. The molecule has 108 valence electrons. The molecule has 0 radical (unpaired) electrons. The Bertz CT molecular complexity index is 682. The zero-order valence-corrected chi connectivity index (χ0v) is 11.9. The summed E-state index contributed by atoms with van der Waals surface area (Å²) in [6.07, 6.45) is 1.06. The van der Waals surface area contributed by atoms with Crippen LogP contribution in [0.2, 0.25) is 0 Å². The van der Waals surface area contributed by atoms with Gasteiger partial charge in [0, 0.05) is 12.5 Å². The van der Waals surface area contributed by atoms with Crippen molar-refractivity contribution >= 4 is 17.3 Å². The van der Waals surface area contributed by atoms with Gasteiger partial charge in [-0.1, -0.05) is 30.3 Å². The maximum atomic E-state index is 11.8. The molecule has 0 saturated heterocycles. The van der Waals surface area contributed by atoms with Crippen LogP contribution in [-0.4, -0.2) is 19.6 Å².